The first-order valence-electron chi connectivity index (χ1n) is 7.97. The number of aromatic nitrogens is 4. The van der Waals surface area contributed by atoms with E-state index in [0.717, 1.165) is 0 Å². The Bertz CT molecular complexity index is 999. The highest BCUT2D eigenvalue weighted by molar-refractivity contribution is 5.81. The van der Waals surface area contributed by atoms with Crippen molar-refractivity contribution in [3.63, 3.8) is 0 Å². The maximum Gasteiger partial charge on any atom is 0.296 e. The maximum absolute atomic E-state index is 12.5. The molecule has 0 fully saturated rings. The van der Waals surface area contributed by atoms with Crippen molar-refractivity contribution in [2.75, 3.05) is 6.61 Å². The molecular weight excluding hydrogens is 334 g/mol. The first kappa shape index (κ1) is 17.3. The Morgan fingerprint density at radius 3 is 2.73 bits per heavy atom. The summed E-state index contributed by atoms with van der Waals surface area (Å²) >= 11 is 0. The Balaban J connectivity index is 2.05. The smallest absolute Gasteiger partial charge is 0.296 e. The third-order valence-corrected chi connectivity index (χ3v) is 3.54. The molecule has 132 valence electrons. The van der Waals surface area contributed by atoms with Gasteiger partial charge in [-0.3, -0.25) is 9.78 Å². The van der Waals surface area contributed by atoms with Gasteiger partial charge in [0.25, 0.3) is 5.56 Å². The molecule has 26 heavy (non-hydrogen) atoms. The molecule has 0 radical (unpaired) electrons. The van der Waals surface area contributed by atoms with E-state index >= 15 is 0 Å². The summed E-state index contributed by atoms with van der Waals surface area (Å²) in [7, 11) is 0. The third-order valence-electron chi connectivity index (χ3n) is 3.54. The summed E-state index contributed by atoms with van der Waals surface area (Å²) < 4.78 is 6.54. The van der Waals surface area contributed by atoms with E-state index in [-0.39, 0.29) is 17.0 Å². The summed E-state index contributed by atoms with van der Waals surface area (Å²) in [4.78, 5) is 16.4. The van der Waals surface area contributed by atoms with Gasteiger partial charge in [0.15, 0.2) is 17.3 Å². The Kier molecular flexibility index (Phi) is 5.02. The lowest BCUT2D eigenvalue weighted by Gasteiger charge is -2.08. The van der Waals surface area contributed by atoms with Crippen molar-refractivity contribution in [2.24, 2.45) is 5.10 Å². The zero-order valence-corrected chi connectivity index (χ0v) is 14.3. The van der Waals surface area contributed by atoms with Gasteiger partial charge < -0.3 is 9.84 Å². The van der Waals surface area contributed by atoms with Gasteiger partial charge in [-0.15, -0.1) is 10.2 Å². The average molecular weight is 351 g/mol. The number of pyridine rings is 1. The minimum Gasteiger partial charge on any atom is -0.504 e. The Hall–Kier alpha value is -3.55. The first-order valence-corrected chi connectivity index (χ1v) is 7.97. The largest absolute Gasteiger partial charge is 0.504 e. The minimum absolute atomic E-state index is 0.0417. The fourth-order valence-corrected chi connectivity index (χ4v) is 2.25. The topological polar surface area (TPSA) is 102 Å². The number of ether oxygens (including phenoxy) is 1. The SMILES string of the molecule is CCOc1cc(/C=N/n2c(-c3ccncc3)nnc(C)c2=O)ccc1O. The van der Waals surface area contributed by atoms with Crippen LogP contribution in [0.2, 0.25) is 0 Å². The van der Waals surface area contributed by atoms with Crippen molar-refractivity contribution in [1.29, 1.82) is 0 Å². The van der Waals surface area contributed by atoms with Gasteiger partial charge >= 0.3 is 0 Å². The fourth-order valence-electron chi connectivity index (χ4n) is 2.25. The summed E-state index contributed by atoms with van der Waals surface area (Å²) in [6, 6.07) is 8.26. The number of nitrogens with zero attached hydrogens (tertiary/aromatic N) is 5. The van der Waals surface area contributed by atoms with Crippen LogP contribution < -0.4 is 10.3 Å². The van der Waals surface area contributed by atoms with Crippen LogP contribution in [-0.4, -0.2) is 37.8 Å². The van der Waals surface area contributed by atoms with E-state index in [0.29, 0.717) is 29.3 Å². The quantitative estimate of drug-likeness (QED) is 0.705. The molecule has 3 aromatic rings. The number of phenolic OH excluding ortho intramolecular Hbond substituents is 1. The number of hydrogen-bond donors (Lipinski definition) is 1. The molecule has 0 unspecified atom stereocenters. The van der Waals surface area contributed by atoms with Gasteiger partial charge in [0.1, 0.15) is 5.69 Å². The second-order valence-electron chi connectivity index (χ2n) is 5.37. The van der Waals surface area contributed by atoms with Crippen LogP contribution >= 0.6 is 0 Å². The summed E-state index contributed by atoms with van der Waals surface area (Å²) in [5, 5.41) is 22.0. The van der Waals surface area contributed by atoms with Crippen LogP contribution in [0.25, 0.3) is 11.4 Å². The highest BCUT2D eigenvalue weighted by Gasteiger charge is 2.11. The molecule has 0 aliphatic rings. The minimum atomic E-state index is -0.369. The Labute approximate surface area is 149 Å². The molecule has 0 amide bonds. The molecule has 3 rings (SSSR count). The van der Waals surface area contributed by atoms with Crippen LogP contribution in [0.15, 0.2) is 52.6 Å². The molecule has 2 heterocycles. The highest BCUT2D eigenvalue weighted by Crippen LogP contribution is 2.26. The molecule has 0 saturated carbocycles. The van der Waals surface area contributed by atoms with Crippen LogP contribution in [0.1, 0.15) is 18.2 Å². The van der Waals surface area contributed by atoms with Crippen molar-refractivity contribution in [1.82, 2.24) is 19.9 Å². The van der Waals surface area contributed by atoms with Crippen molar-refractivity contribution in [3.05, 3.63) is 64.3 Å². The lowest BCUT2D eigenvalue weighted by atomic mass is 10.2. The predicted molar refractivity (Wildman–Crippen MR) is 96.5 cm³/mol. The van der Waals surface area contributed by atoms with E-state index in [1.165, 1.54) is 17.0 Å². The zero-order valence-electron chi connectivity index (χ0n) is 14.3. The van der Waals surface area contributed by atoms with E-state index in [2.05, 4.69) is 20.3 Å². The fraction of sp³-hybridized carbons (Fsp3) is 0.167. The molecule has 0 saturated heterocycles. The maximum atomic E-state index is 12.5. The van der Waals surface area contributed by atoms with Crippen LogP contribution in [0.3, 0.4) is 0 Å². The van der Waals surface area contributed by atoms with Gasteiger partial charge in [-0.1, -0.05) is 0 Å². The predicted octanol–water partition coefficient (Wildman–Crippen LogP) is 2.00. The number of aromatic hydroxyl groups is 1. The Morgan fingerprint density at radius 1 is 1.23 bits per heavy atom. The van der Waals surface area contributed by atoms with Crippen LogP contribution in [0.5, 0.6) is 11.5 Å². The van der Waals surface area contributed by atoms with E-state index in [4.69, 9.17) is 4.74 Å². The summed E-state index contributed by atoms with van der Waals surface area (Å²) in [5.41, 5.74) is 1.20. The van der Waals surface area contributed by atoms with Gasteiger partial charge in [-0.2, -0.15) is 9.78 Å². The molecular formula is C18H17N5O3. The van der Waals surface area contributed by atoms with E-state index < -0.39 is 0 Å². The summed E-state index contributed by atoms with van der Waals surface area (Å²) in [6.07, 6.45) is 4.70. The van der Waals surface area contributed by atoms with E-state index in [1.807, 2.05) is 6.92 Å². The van der Waals surface area contributed by atoms with Gasteiger partial charge in [0, 0.05) is 18.0 Å². The van der Waals surface area contributed by atoms with E-state index in [9.17, 15) is 9.90 Å². The highest BCUT2D eigenvalue weighted by atomic mass is 16.5. The second-order valence-corrected chi connectivity index (χ2v) is 5.37. The molecule has 0 aliphatic heterocycles. The van der Waals surface area contributed by atoms with Crippen LogP contribution in [0, 0.1) is 6.92 Å². The monoisotopic (exact) mass is 351 g/mol. The molecule has 1 N–H and O–H groups in total. The summed E-state index contributed by atoms with van der Waals surface area (Å²) in [6.45, 7) is 3.82. The van der Waals surface area contributed by atoms with Gasteiger partial charge in [-0.25, -0.2) is 0 Å². The molecule has 0 spiro atoms. The van der Waals surface area contributed by atoms with Crippen molar-refractivity contribution < 1.29 is 9.84 Å². The van der Waals surface area contributed by atoms with Crippen molar-refractivity contribution >= 4 is 6.21 Å². The number of benzene rings is 1. The number of aryl methyl sites for hydroxylation is 1. The van der Waals surface area contributed by atoms with Gasteiger partial charge in [0.2, 0.25) is 0 Å². The van der Waals surface area contributed by atoms with E-state index in [1.54, 1.807) is 43.6 Å². The van der Waals surface area contributed by atoms with Crippen LogP contribution in [0.4, 0.5) is 0 Å². The first-order chi connectivity index (χ1) is 12.6. The number of hydrogen-bond acceptors (Lipinski definition) is 7. The zero-order chi connectivity index (χ0) is 18.5. The van der Waals surface area contributed by atoms with Gasteiger partial charge in [0.05, 0.1) is 12.8 Å². The molecule has 1 aromatic carbocycles. The summed E-state index contributed by atoms with van der Waals surface area (Å²) in [5.74, 6) is 0.699. The lowest BCUT2D eigenvalue weighted by Crippen LogP contribution is -2.24. The third kappa shape index (κ3) is 3.59. The second kappa shape index (κ2) is 7.56. The standard InChI is InChI=1S/C18H17N5O3/c1-3-26-16-10-13(4-5-15(16)24)11-20-23-17(14-6-8-19-9-7-14)22-21-12(2)18(23)25/h4-11,24H,3H2,1-2H3/b20-11+. The molecule has 0 bridgehead atoms. The normalized spacial score (nSPS) is 11.0. The van der Waals surface area contributed by atoms with Crippen molar-refractivity contribution in [2.45, 2.75) is 13.8 Å². The molecule has 2 aromatic heterocycles. The van der Waals surface area contributed by atoms with Crippen molar-refractivity contribution in [3.8, 4) is 22.9 Å². The lowest BCUT2D eigenvalue weighted by molar-refractivity contribution is 0.318. The molecule has 8 heteroatoms. The van der Waals surface area contributed by atoms with Crippen LogP contribution in [-0.2, 0) is 0 Å². The molecule has 8 nitrogen and oxygen atoms in total. The Morgan fingerprint density at radius 2 is 2.00 bits per heavy atom. The average Bonchev–Trinajstić information content (AvgIpc) is 2.66. The molecule has 0 atom stereocenters. The number of rotatable bonds is 5. The molecule has 0 aliphatic carbocycles. The number of phenols is 1. The van der Waals surface area contributed by atoms with Gasteiger partial charge in [-0.05, 0) is 49.7 Å².